The molecular weight excluding hydrogens is 276 g/mol. The van der Waals surface area contributed by atoms with E-state index in [1.54, 1.807) is 24.3 Å². The number of hydrogen-bond acceptors (Lipinski definition) is 4. The second-order valence-electron chi connectivity index (χ2n) is 4.18. The van der Waals surface area contributed by atoms with Crippen LogP contribution in [0.5, 0.6) is 0 Å². The Morgan fingerprint density at radius 3 is 2.33 bits per heavy atom. The van der Waals surface area contributed by atoms with Crippen LogP contribution in [0, 0.1) is 11.3 Å². The summed E-state index contributed by atoms with van der Waals surface area (Å²) in [4.78, 5) is 34.2. The van der Waals surface area contributed by atoms with Crippen molar-refractivity contribution in [3.8, 4) is 6.07 Å². The topological polar surface area (TPSA) is 137 Å². The van der Waals surface area contributed by atoms with Crippen molar-refractivity contribution in [2.45, 2.75) is 6.42 Å². The van der Waals surface area contributed by atoms with Crippen LogP contribution in [-0.4, -0.2) is 41.0 Å². The maximum atomic E-state index is 11.9. The third-order valence-electron chi connectivity index (χ3n) is 2.45. The fourth-order valence-electron chi connectivity index (χ4n) is 1.55. The lowest BCUT2D eigenvalue weighted by atomic mass is 10.1. The SMILES string of the molecule is N#CCc1ccc(NC(=O)N(CC(N)=O)CC(=O)O)cc1. The predicted octanol–water partition coefficient (Wildman–Crippen LogP) is 0.156. The minimum absolute atomic E-state index is 0.251. The molecule has 0 spiro atoms. The number of amides is 3. The molecule has 0 radical (unpaired) electrons. The lowest BCUT2D eigenvalue weighted by molar-refractivity contribution is -0.137. The molecule has 0 aliphatic carbocycles. The van der Waals surface area contributed by atoms with Crippen LogP contribution in [0.1, 0.15) is 5.56 Å². The number of carbonyl (C=O) groups excluding carboxylic acids is 2. The minimum atomic E-state index is -1.25. The third-order valence-corrected chi connectivity index (χ3v) is 2.45. The zero-order valence-corrected chi connectivity index (χ0v) is 11.1. The molecule has 110 valence electrons. The highest BCUT2D eigenvalue weighted by Crippen LogP contribution is 2.10. The van der Waals surface area contributed by atoms with Crippen LogP contribution in [0.4, 0.5) is 10.5 Å². The Balaban J connectivity index is 2.73. The van der Waals surface area contributed by atoms with Gasteiger partial charge < -0.3 is 21.1 Å². The number of nitrogens with two attached hydrogens (primary N) is 1. The first-order chi connectivity index (χ1) is 9.92. The molecule has 0 saturated heterocycles. The van der Waals surface area contributed by atoms with E-state index >= 15 is 0 Å². The minimum Gasteiger partial charge on any atom is -0.480 e. The van der Waals surface area contributed by atoms with Gasteiger partial charge in [-0.2, -0.15) is 5.26 Å². The van der Waals surface area contributed by atoms with E-state index in [1.807, 2.05) is 6.07 Å². The Morgan fingerprint density at radius 1 is 1.24 bits per heavy atom. The number of nitrogens with one attached hydrogen (secondary N) is 1. The number of hydrogen-bond donors (Lipinski definition) is 3. The highest BCUT2D eigenvalue weighted by molar-refractivity contribution is 5.93. The van der Waals surface area contributed by atoms with Gasteiger partial charge >= 0.3 is 12.0 Å². The Hall–Kier alpha value is -3.08. The smallest absolute Gasteiger partial charge is 0.323 e. The fraction of sp³-hybridized carbons (Fsp3) is 0.231. The van der Waals surface area contributed by atoms with Crippen LogP contribution in [-0.2, 0) is 16.0 Å². The summed E-state index contributed by atoms with van der Waals surface area (Å²) in [7, 11) is 0. The number of benzene rings is 1. The van der Waals surface area contributed by atoms with E-state index in [4.69, 9.17) is 16.1 Å². The van der Waals surface area contributed by atoms with Crippen molar-refractivity contribution in [3.63, 3.8) is 0 Å². The third kappa shape index (κ3) is 5.61. The molecule has 0 saturated carbocycles. The highest BCUT2D eigenvalue weighted by Gasteiger charge is 2.18. The van der Waals surface area contributed by atoms with Gasteiger partial charge in [0.15, 0.2) is 0 Å². The number of rotatable bonds is 6. The number of urea groups is 1. The largest absolute Gasteiger partial charge is 0.480 e. The number of carboxylic acids is 1. The lowest BCUT2D eigenvalue weighted by Gasteiger charge is -2.19. The average Bonchev–Trinajstić information content (AvgIpc) is 2.39. The van der Waals surface area contributed by atoms with E-state index in [-0.39, 0.29) is 6.42 Å². The second-order valence-corrected chi connectivity index (χ2v) is 4.18. The molecule has 8 heteroatoms. The molecule has 21 heavy (non-hydrogen) atoms. The van der Waals surface area contributed by atoms with Crippen molar-refractivity contribution < 1.29 is 19.5 Å². The summed E-state index contributed by atoms with van der Waals surface area (Å²) < 4.78 is 0. The van der Waals surface area contributed by atoms with Crippen molar-refractivity contribution in [2.75, 3.05) is 18.4 Å². The number of primary amides is 1. The van der Waals surface area contributed by atoms with E-state index < -0.39 is 31.0 Å². The molecule has 3 amide bonds. The van der Waals surface area contributed by atoms with Crippen LogP contribution >= 0.6 is 0 Å². The molecule has 1 rings (SSSR count). The maximum Gasteiger partial charge on any atom is 0.323 e. The van der Waals surface area contributed by atoms with Gasteiger partial charge in [0, 0.05) is 5.69 Å². The monoisotopic (exact) mass is 290 g/mol. The zero-order valence-electron chi connectivity index (χ0n) is 11.1. The van der Waals surface area contributed by atoms with Gasteiger partial charge in [-0.1, -0.05) is 12.1 Å². The maximum absolute atomic E-state index is 11.9. The van der Waals surface area contributed by atoms with Crippen LogP contribution in [0.25, 0.3) is 0 Å². The number of carbonyl (C=O) groups is 3. The van der Waals surface area contributed by atoms with Crippen molar-refractivity contribution in [1.29, 1.82) is 5.26 Å². The Bertz CT molecular complexity index is 561. The second kappa shape index (κ2) is 7.49. The molecular formula is C13H14N4O4. The summed E-state index contributed by atoms with van der Waals surface area (Å²) >= 11 is 0. The molecule has 0 unspecified atom stereocenters. The molecule has 0 aromatic heterocycles. The molecule has 0 aliphatic rings. The van der Waals surface area contributed by atoms with Gasteiger partial charge in [-0.05, 0) is 17.7 Å². The van der Waals surface area contributed by atoms with Crippen LogP contribution in [0.2, 0.25) is 0 Å². The van der Waals surface area contributed by atoms with Gasteiger partial charge in [-0.15, -0.1) is 0 Å². The molecule has 8 nitrogen and oxygen atoms in total. The van der Waals surface area contributed by atoms with E-state index in [0.29, 0.717) is 5.69 Å². The van der Waals surface area contributed by atoms with Crippen LogP contribution in [0.3, 0.4) is 0 Å². The number of anilines is 1. The predicted molar refractivity (Wildman–Crippen MR) is 73.2 cm³/mol. The number of aliphatic carboxylic acids is 1. The van der Waals surface area contributed by atoms with E-state index in [2.05, 4.69) is 5.32 Å². The van der Waals surface area contributed by atoms with Crippen molar-refractivity contribution in [1.82, 2.24) is 4.90 Å². The number of nitriles is 1. The van der Waals surface area contributed by atoms with Crippen molar-refractivity contribution in [2.24, 2.45) is 5.73 Å². The standard InChI is InChI=1S/C13H14N4O4/c14-6-5-9-1-3-10(4-2-9)16-13(21)17(7-11(15)18)8-12(19)20/h1-4H,5,7-8H2,(H2,15,18)(H,16,21)(H,19,20). The lowest BCUT2D eigenvalue weighted by Crippen LogP contribution is -2.43. The Labute approximate surface area is 120 Å². The molecule has 4 N–H and O–H groups in total. The van der Waals surface area contributed by atoms with E-state index in [1.165, 1.54) is 0 Å². The molecule has 1 aromatic rings. The summed E-state index contributed by atoms with van der Waals surface area (Å²) in [6.45, 7) is -1.13. The molecule has 0 fully saturated rings. The van der Waals surface area contributed by atoms with Crippen LogP contribution < -0.4 is 11.1 Å². The molecule has 0 aliphatic heterocycles. The van der Waals surface area contributed by atoms with E-state index in [0.717, 1.165) is 10.5 Å². The van der Waals surface area contributed by atoms with Gasteiger partial charge in [0.25, 0.3) is 0 Å². The molecule has 0 heterocycles. The summed E-state index contributed by atoms with van der Waals surface area (Å²) in [5, 5.41) is 19.7. The highest BCUT2D eigenvalue weighted by atomic mass is 16.4. The van der Waals surface area contributed by atoms with Gasteiger partial charge in [0.2, 0.25) is 5.91 Å². The first kappa shape index (κ1) is 16.0. The van der Waals surface area contributed by atoms with Crippen LogP contribution in [0.15, 0.2) is 24.3 Å². The number of nitrogens with zero attached hydrogens (tertiary/aromatic N) is 2. The van der Waals surface area contributed by atoms with Crippen molar-refractivity contribution >= 4 is 23.6 Å². The van der Waals surface area contributed by atoms with Gasteiger partial charge in [-0.3, -0.25) is 9.59 Å². The van der Waals surface area contributed by atoms with Gasteiger partial charge in [-0.25, -0.2) is 4.79 Å². The van der Waals surface area contributed by atoms with Gasteiger partial charge in [0.05, 0.1) is 12.5 Å². The fourth-order valence-corrected chi connectivity index (χ4v) is 1.55. The average molecular weight is 290 g/mol. The molecule has 1 aromatic carbocycles. The van der Waals surface area contributed by atoms with Crippen molar-refractivity contribution in [3.05, 3.63) is 29.8 Å². The van der Waals surface area contributed by atoms with E-state index in [9.17, 15) is 14.4 Å². The summed E-state index contributed by atoms with van der Waals surface area (Å²) in [6.07, 6.45) is 0.251. The number of carboxylic acid groups (broad SMARTS) is 1. The first-order valence-electron chi connectivity index (χ1n) is 5.94. The summed E-state index contributed by atoms with van der Waals surface area (Å²) in [6, 6.07) is 7.72. The molecule has 0 atom stereocenters. The molecule has 0 bridgehead atoms. The zero-order chi connectivity index (χ0) is 15.8. The Kier molecular flexibility index (Phi) is 5.70. The first-order valence-corrected chi connectivity index (χ1v) is 5.94. The quantitative estimate of drug-likeness (QED) is 0.685. The summed E-state index contributed by atoms with van der Waals surface area (Å²) in [5.74, 6) is -2.06. The van der Waals surface area contributed by atoms with Gasteiger partial charge in [0.1, 0.15) is 13.1 Å². The Morgan fingerprint density at radius 2 is 1.86 bits per heavy atom. The normalized spacial score (nSPS) is 9.48. The summed E-state index contributed by atoms with van der Waals surface area (Å²) in [5.41, 5.74) is 6.17.